The van der Waals surface area contributed by atoms with Gasteiger partial charge in [0.25, 0.3) is 5.91 Å². The van der Waals surface area contributed by atoms with Crippen LogP contribution < -0.4 is 20.2 Å². The highest BCUT2D eigenvalue weighted by Gasteiger charge is 2.36. The Labute approximate surface area is 323 Å². The Morgan fingerprint density at radius 2 is 1.72 bits per heavy atom. The predicted molar refractivity (Wildman–Crippen MR) is 216 cm³/mol. The van der Waals surface area contributed by atoms with E-state index < -0.39 is 52.1 Å². The first-order chi connectivity index (χ1) is 25.5. The van der Waals surface area contributed by atoms with Crippen LogP contribution in [0.2, 0.25) is 0 Å². The zero-order valence-corrected chi connectivity index (χ0v) is 34.4. The molecule has 3 N–H and O–H groups in total. The monoisotopic (exact) mass is 766 g/mol. The second kappa shape index (κ2) is 19.1. The first-order valence-electron chi connectivity index (χ1n) is 19.2. The molecule has 298 valence electrons. The highest BCUT2D eigenvalue weighted by molar-refractivity contribution is 8.30. The summed E-state index contributed by atoms with van der Waals surface area (Å²) < 4.78 is 18.2. The van der Waals surface area contributed by atoms with Gasteiger partial charge in [0.1, 0.15) is 30.5 Å². The van der Waals surface area contributed by atoms with Crippen molar-refractivity contribution in [1.29, 1.82) is 0 Å². The van der Waals surface area contributed by atoms with E-state index in [9.17, 15) is 19.2 Å². The maximum Gasteiger partial charge on any atom is 0.325 e. The third kappa shape index (κ3) is 11.8. The summed E-state index contributed by atoms with van der Waals surface area (Å²) in [6.07, 6.45) is 10.4. The van der Waals surface area contributed by atoms with Gasteiger partial charge in [0.2, 0.25) is 11.8 Å². The molecule has 11 nitrogen and oxygen atoms in total. The topological polar surface area (TPSA) is 135 Å². The minimum absolute atomic E-state index is 0.0693. The van der Waals surface area contributed by atoms with E-state index in [1.165, 1.54) is 5.01 Å². The molecular formula is C42H62N4O7S. The minimum Gasteiger partial charge on any atom is -0.460 e. The number of rotatable bonds is 7. The van der Waals surface area contributed by atoms with Crippen molar-refractivity contribution in [3.8, 4) is 5.75 Å². The van der Waals surface area contributed by atoms with Gasteiger partial charge < -0.3 is 24.3 Å². The lowest BCUT2D eigenvalue weighted by molar-refractivity contribution is -0.154. The molecule has 4 bridgehead atoms. The van der Waals surface area contributed by atoms with Crippen LogP contribution in [0.15, 0.2) is 54.6 Å². The number of benzene rings is 2. The van der Waals surface area contributed by atoms with Gasteiger partial charge in [-0.1, -0.05) is 73.6 Å². The van der Waals surface area contributed by atoms with Crippen LogP contribution in [-0.4, -0.2) is 83.3 Å². The van der Waals surface area contributed by atoms with E-state index in [-0.39, 0.29) is 35.7 Å². The highest BCUT2D eigenvalue weighted by Crippen LogP contribution is 2.53. The van der Waals surface area contributed by atoms with Crippen molar-refractivity contribution < 1.29 is 32.8 Å². The second-order valence-electron chi connectivity index (χ2n) is 16.0. The summed E-state index contributed by atoms with van der Waals surface area (Å²) in [5.74, 6) is -1.74. The molecule has 0 aromatic heterocycles. The van der Waals surface area contributed by atoms with Crippen molar-refractivity contribution >= 4 is 40.1 Å². The van der Waals surface area contributed by atoms with Crippen LogP contribution in [0.25, 0.3) is 6.08 Å². The number of hydrogen-bond donors (Lipinski definition) is 3. The summed E-state index contributed by atoms with van der Waals surface area (Å²) in [6, 6.07) is 12.7. The number of hydrazine groups is 1. The normalized spacial score (nSPS) is 25.1. The van der Waals surface area contributed by atoms with Gasteiger partial charge in [-0.15, -0.1) is 0 Å². The number of nitrogens with zero attached hydrogens (tertiary/aromatic N) is 1. The lowest BCUT2D eigenvalue weighted by Crippen LogP contribution is -2.62. The molecule has 5 atom stereocenters. The van der Waals surface area contributed by atoms with Crippen LogP contribution in [0.3, 0.4) is 0 Å². The van der Waals surface area contributed by atoms with Crippen LogP contribution in [0, 0.1) is 11.8 Å². The minimum atomic E-state index is -1.49. The van der Waals surface area contributed by atoms with Crippen molar-refractivity contribution in [1.82, 2.24) is 21.1 Å². The average Bonchev–Trinajstić information content (AvgIpc) is 3.12. The fraction of sp³-hybridized carbons (Fsp3) is 0.571. The van der Waals surface area contributed by atoms with Crippen molar-refractivity contribution in [2.75, 3.05) is 25.7 Å². The standard InChI is InChI=1S/C42H62N4O7S/c1-10-51-36-22-12-11-16-30-17-13-19-32(24-30)27-52-41(50)34-21-15-23-46(45-34)40(49)35(43-39(48)37(28(2)3)44-38(47)29(36)4)26-31-18-14-20-33(25-31)53-54(8,9)42(5,6)7/h11,13-14,16-20,24-25,28-29,34-37,45H,10,12,15,21-23,26-27H2,1-9H3,(H,43,48)(H,44,47)/b16-11+. The summed E-state index contributed by atoms with van der Waals surface area (Å²) in [5, 5.41) is 7.38. The number of esters is 1. The van der Waals surface area contributed by atoms with E-state index in [0.717, 1.165) is 16.7 Å². The van der Waals surface area contributed by atoms with Crippen LogP contribution in [-0.2, 0) is 41.7 Å². The Balaban J connectivity index is 1.67. The molecule has 2 aromatic rings. The molecule has 0 saturated carbocycles. The van der Waals surface area contributed by atoms with E-state index in [1.54, 1.807) is 0 Å². The molecule has 0 radical (unpaired) electrons. The fourth-order valence-electron chi connectivity index (χ4n) is 6.29. The number of carbonyl (C=O) groups is 4. The van der Waals surface area contributed by atoms with Crippen LogP contribution in [0.1, 0.15) is 90.8 Å². The molecule has 12 heteroatoms. The third-order valence-corrected chi connectivity index (χ3v) is 13.9. The van der Waals surface area contributed by atoms with Crippen molar-refractivity contribution in [2.24, 2.45) is 11.8 Å². The largest absolute Gasteiger partial charge is 0.460 e. The maximum absolute atomic E-state index is 14.4. The molecule has 2 heterocycles. The number of hydrogen-bond acceptors (Lipinski definition) is 8. The average molecular weight is 767 g/mol. The van der Waals surface area contributed by atoms with Crippen molar-refractivity contribution in [2.45, 2.75) is 116 Å². The van der Waals surface area contributed by atoms with E-state index >= 15 is 0 Å². The molecule has 5 unspecified atom stereocenters. The molecule has 1 saturated heterocycles. The Morgan fingerprint density at radius 1 is 0.981 bits per heavy atom. The molecule has 0 spiro atoms. The van der Waals surface area contributed by atoms with Crippen molar-refractivity contribution in [3.05, 3.63) is 71.3 Å². The first-order valence-corrected chi connectivity index (χ1v) is 21.6. The van der Waals surface area contributed by atoms with Gasteiger partial charge in [-0.3, -0.25) is 24.2 Å². The lowest BCUT2D eigenvalue weighted by Gasteiger charge is -2.43. The molecule has 54 heavy (non-hydrogen) atoms. The highest BCUT2D eigenvalue weighted by atomic mass is 32.3. The van der Waals surface area contributed by atoms with Crippen LogP contribution in [0.5, 0.6) is 5.75 Å². The molecule has 4 rings (SSSR count). The SMILES string of the molecule is CCOC1CC/C=C/c2cccc(c2)COC(=O)C2CCCN(N2)C(=O)C(Cc2cccc(OS(C)(C)C(C)(C)C)c2)NC(=O)C(C(C)C)NC(=O)C1C. The van der Waals surface area contributed by atoms with Gasteiger partial charge in [0.15, 0.2) is 0 Å². The summed E-state index contributed by atoms with van der Waals surface area (Å²) >= 11 is 0. The lowest BCUT2D eigenvalue weighted by atomic mass is 9.96. The number of fused-ring (bicyclic) bond motifs is 4. The van der Waals surface area contributed by atoms with Gasteiger partial charge in [-0.25, -0.2) is 5.43 Å². The number of carbonyl (C=O) groups excluding carboxylic acids is 4. The summed E-state index contributed by atoms with van der Waals surface area (Å²) in [5.41, 5.74) is 5.69. The molecule has 1 fully saturated rings. The molecule has 3 amide bonds. The van der Waals surface area contributed by atoms with Gasteiger partial charge >= 0.3 is 5.97 Å². The number of allylic oxidation sites excluding steroid dienone is 1. The van der Waals surface area contributed by atoms with E-state index in [1.807, 2.05) is 88.4 Å². The Morgan fingerprint density at radius 3 is 2.43 bits per heavy atom. The summed E-state index contributed by atoms with van der Waals surface area (Å²) in [4.78, 5) is 55.6. The van der Waals surface area contributed by atoms with Gasteiger partial charge in [0.05, 0.1) is 12.0 Å². The number of cyclic esters (lactones) is 1. The summed E-state index contributed by atoms with van der Waals surface area (Å²) in [6.45, 7) is 14.8. The quantitative estimate of drug-likeness (QED) is 0.288. The third-order valence-electron chi connectivity index (χ3n) is 10.3. The first kappa shape index (κ1) is 42.9. The fourth-order valence-corrected chi connectivity index (χ4v) is 7.13. The van der Waals surface area contributed by atoms with Crippen LogP contribution >= 0.6 is 10.3 Å². The predicted octanol–water partition coefficient (Wildman–Crippen LogP) is 6.10. The molecule has 0 aliphatic carbocycles. The van der Waals surface area contributed by atoms with Gasteiger partial charge in [0, 0.05) is 24.3 Å². The zero-order chi connectivity index (χ0) is 39.6. The Hall–Kier alpha value is -3.87. The molecule has 2 aliphatic heterocycles. The van der Waals surface area contributed by atoms with Crippen LogP contribution in [0.4, 0.5) is 0 Å². The van der Waals surface area contributed by atoms with Gasteiger partial charge in [-0.05, 0) is 107 Å². The second-order valence-corrected chi connectivity index (χ2v) is 19.9. The Bertz CT molecular complexity index is 1640. The zero-order valence-electron chi connectivity index (χ0n) is 33.6. The molecular weight excluding hydrogens is 705 g/mol. The van der Waals surface area contributed by atoms with Gasteiger partial charge in [-0.2, -0.15) is 0 Å². The number of ether oxygens (including phenoxy) is 2. The Kier molecular flexibility index (Phi) is 15.2. The number of nitrogens with one attached hydrogen (secondary N) is 3. The van der Waals surface area contributed by atoms with E-state index in [0.29, 0.717) is 44.6 Å². The number of amides is 3. The molecule has 2 aliphatic rings. The van der Waals surface area contributed by atoms with E-state index in [2.05, 4.69) is 49.3 Å². The van der Waals surface area contributed by atoms with E-state index in [4.69, 9.17) is 13.7 Å². The maximum atomic E-state index is 14.4. The molecule has 2 aromatic carbocycles. The smallest absolute Gasteiger partial charge is 0.325 e. The summed E-state index contributed by atoms with van der Waals surface area (Å²) in [7, 11) is -1.49. The van der Waals surface area contributed by atoms with Crippen molar-refractivity contribution in [3.63, 3.8) is 0 Å².